The quantitative estimate of drug-likeness (QED) is 0.829. The summed E-state index contributed by atoms with van der Waals surface area (Å²) < 4.78 is 5.89. The van der Waals surface area contributed by atoms with Crippen molar-refractivity contribution in [3.05, 3.63) is 23.9 Å². The van der Waals surface area contributed by atoms with Gasteiger partial charge >= 0.3 is 0 Å². The van der Waals surface area contributed by atoms with E-state index >= 15 is 0 Å². The van der Waals surface area contributed by atoms with Crippen molar-refractivity contribution in [3.63, 3.8) is 0 Å². The summed E-state index contributed by atoms with van der Waals surface area (Å²) in [6.07, 6.45) is 4.09. The molecule has 1 aromatic rings. The predicted octanol–water partition coefficient (Wildman–Crippen LogP) is 2.20. The number of hydrogen-bond donors (Lipinski definition) is 0. The van der Waals surface area contributed by atoms with E-state index in [0.29, 0.717) is 11.4 Å². The number of pyridine rings is 1. The molecule has 0 N–H and O–H groups in total. The molecule has 0 bridgehead atoms. The average molecular weight is 333 g/mol. The zero-order chi connectivity index (χ0) is 17.7. The van der Waals surface area contributed by atoms with Gasteiger partial charge in [0, 0.05) is 58.2 Å². The van der Waals surface area contributed by atoms with E-state index in [2.05, 4.69) is 4.98 Å². The minimum absolute atomic E-state index is 0.0638. The second-order valence-corrected chi connectivity index (χ2v) is 6.54. The first-order chi connectivity index (χ1) is 11.4. The molecule has 1 aromatic heterocycles. The van der Waals surface area contributed by atoms with E-state index < -0.39 is 0 Å². The van der Waals surface area contributed by atoms with Crippen LogP contribution in [0.15, 0.2) is 18.3 Å². The molecule has 1 atom stereocenters. The van der Waals surface area contributed by atoms with Gasteiger partial charge in [-0.25, -0.2) is 4.98 Å². The number of amides is 2. The van der Waals surface area contributed by atoms with E-state index in [0.717, 1.165) is 32.4 Å². The van der Waals surface area contributed by atoms with Gasteiger partial charge in [0.05, 0.1) is 5.56 Å². The normalized spacial score (nSPS) is 16.6. The number of nitrogens with zero attached hydrogens (tertiary/aromatic N) is 3. The summed E-state index contributed by atoms with van der Waals surface area (Å²) in [5, 5.41) is 0. The second-order valence-electron chi connectivity index (χ2n) is 6.54. The average Bonchev–Trinajstić information content (AvgIpc) is 2.61. The van der Waals surface area contributed by atoms with E-state index in [9.17, 15) is 9.59 Å². The maximum atomic E-state index is 12.2. The number of ether oxygens (including phenoxy) is 1. The molecule has 1 fully saturated rings. The SMILES string of the molecule is CCC(C)C(=O)N1CCC(Oc2ccc(C(=O)N(C)C)cn2)CC1. The number of likely N-dealkylation sites (tertiary alicyclic amines) is 1. The molecule has 0 radical (unpaired) electrons. The third-order valence-corrected chi connectivity index (χ3v) is 4.46. The van der Waals surface area contributed by atoms with Crippen LogP contribution >= 0.6 is 0 Å². The van der Waals surface area contributed by atoms with Crippen LogP contribution in [0, 0.1) is 5.92 Å². The van der Waals surface area contributed by atoms with Crippen LogP contribution in [-0.4, -0.2) is 59.9 Å². The number of aromatic nitrogens is 1. The van der Waals surface area contributed by atoms with Crippen LogP contribution in [0.5, 0.6) is 5.88 Å². The summed E-state index contributed by atoms with van der Waals surface area (Å²) in [5.74, 6) is 0.773. The van der Waals surface area contributed by atoms with Crippen molar-refractivity contribution in [2.24, 2.45) is 5.92 Å². The van der Waals surface area contributed by atoms with E-state index in [4.69, 9.17) is 4.74 Å². The first-order valence-electron chi connectivity index (χ1n) is 8.55. The van der Waals surface area contributed by atoms with Crippen molar-refractivity contribution in [3.8, 4) is 5.88 Å². The lowest BCUT2D eigenvalue weighted by atomic mass is 10.0. The maximum Gasteiger partial charge on any atom is 0.254 e. The first-order valence-corrected chi connectivity index (χ1v) is 8.55. The highest BCUT2D eigenvalue weighted by molar-refractivity contribution is 5.93. The zero-order valence-electron chi connectivity index (χ0n) is 15.0. The summed E-state index contributed by atoms with van der Waals surface area (Å²) >= 11 is 0. The number of hydrogen-bond acceptors (Lipinski definition) is 4. The van der Waals surface area contributed by atoms with Gasteiger partial charge in [-0.2, -0.15) is 0 Å². The topological polar surface area (TPSA) is 62.7 Å². The Morgan fingerprint density at radius 1 is 1.33 bits per heavy atom. The van der Waals surface area contributed by atoms with Crippen molar-refractivity contribution in [1.82, 2.24) is 14.8 Å². The van der Waals surface area contributed by atoms with Gasteiger partial charge in [-0.3, -0.25) is 9.59 Å². The molecule has 1 saturated heterocycles. The Labute approximate surface area is 143 Å². The van der Waals surface area contributed by atoms with Crippen LogP contribution in [0.3, 0.4) is 0 Å². The summed E-state index contributed by atoms with van der Waals surface area (Å²) in [6, 6.07) is 3.46. The van der Waals surface area contributed by atoms with E-state index in [1.54, 1.807) is 32.4 Å². The van der Waals surface area contributed by atoms with Crippen LogP contribution in [-0.2, 0) is 4.79 Å². The van der Waals surface area contributed by atoms with Gasteiger partial charge < -0.3 is 14.5 Å². The zero-order valence-corrected chi connectivity index (χ0v) is 15.0. The van der Waals surface area contributed by atoms with Crippen LogP contribution < -0.4 is 4.74 Å². The van der Waals surface area contributed by atoms with E-state index in [-0.39, 0.29) is 23.8 Å². The number of rotatable bonds is 5. The van der Waals surface area contributed by atoms with Gasteiger partial charge in [-0.1, -0.05) is 13.8 Å². The minimum Gasteiger partial charge on any atom is -0.474 e. The van der Waals surface area contributed by atoms with Gasteiger partial charge in [0.15, 0.2) is 0 Å². The Morgan fingerprint density at radius 2 is 2.00 bits per heavy atom. The molecule has 132 valence electrons. The number of carbonyl (C=O) groups excluding carboxylic acids is 2. The monoisotopic (exact) mass is 333 g/mol. The lowest BCUT2D eigenvalue weighted by Crippen LogP contribution is -2.43. The van der Waals surface area contributed by atoms with Crippen molar-refractivity contribution < 1.29 is 14.3 Å². The molecule has 6 nitrogen and oxygen atoms in total. The first kappa shape index (κ1) is 18.2. The molecule has 2 rings (SSSR count). The summed E-state index contributed by atoms with van der Waals surface area (Å²) in [6.45, 7) is 5.47. The van der Waals surface area contributed by atoms with Crippen LogP contribution in [0.2, 0.25) is 0 Å². The van der Waals surface area contributed by atoms with Crippen LogP contribution in [0.4, 0.5) is 0 Å². The molecule has 1 unspecified atom stereocenters. The minimum atomic E-state index is -0.0779. The highest BCUT2D eigenvalue weighted by atomic mass is 16.5. The molecule has 6 heteroatoms. The summed E-state index contributed by atoms with van der Waals surface area (Å²) in [7, 11) is 3.42. The molecule has 0 saturated carbocycles. The van der Waals surface area contributed by atoms with Gasteiger partial charge in [-0.15, -0.1) is 0 Å². The Bertz CT molecular complexity index is 563. The molecule has 24 heavy (non-hydrogen) atoms. The highest BCUT2D eigenvalue weighted by Gasteiger charge is 2.26. The molecule has 0 aromatic carbocycles. The molecule has 0 aliphatic carbocycles. The van der Waals surface area contributed by atoms with E-state index in [1.165, 1.54) is 4.90 Å². The Kier molecular flexibility index (Phi) is 6.17. The fourth-order valence-corrected chi connectivity index (χ4v) is 2.69. The number of piperidine rings is 1. The summed E-state index contributed by atoms with van der Waals surface area (Å²) in [5.41, 5.74) is 0.543. The lowest BCUT2D eigenvalue weighted by molar-refractivity contribution is -0.136. The van der Waals surface area contributed by atoms with E-state index in [1.807, 2.05) is 18.7 Å². The third kappa shape index (κ3) is 4.46. The van der Waals surface area contributed by atoms with Gasteiger partial charge in [-0.05, 0) is 12.5 Å². The van der Waals surface area contributed by atoms with Gasteiger partial charge in [0.2, 0.25) is 11.8 Å². The number of carbonyl (C=O) groups is 2. The second kappa shape index (κ2) is 8.13. The Balaban J connectivity index is 1.86. The van der Waals surface area contributed by atoms with Crippen molar-refractivity contribution >= 4 is 11.8 Å². The molecule has 0 spiro atoms. The highest BCUT2D eigenvalue weighted by Crippen LogP contribution is 2.19. The summed E-state index contributed by atoms with van der Waals surface area (Å²) in [4.78, 5) is 31.7. The smallest absolute Gasteiger partial charge is 0.254 e. The van der Waals surface area contributed by atoms with Crippen molar-refractivity contribution in [2.75, 3.05) is 27.2 Å². The van der Waals surface area contributed by atoms with Crippen LogP contribution in [0.25, 0.3) is 0 Å². The Hall–Kier alpha value is -2.11. The predicted molar refractivity (Wildman–Crippen MR) is 91.9 cm³/mol. The van der Waals surface area contributed by atoms with Crippen LogP contribution in [0.1, 0.15) is 43.5 Å². The van der Waals surface area contributed by atoms with Gasteiger partial charge in [0.1, 0.15) is 6.10 Å². The lowest BCUT2D eigenvalue weighted by Gasteiger charge is -2.33. The molecular weight excluding hydrogens is 306 g/mol. The largest absolute Gasteiger partial charge is 0.474 e. The molecular formula is C18H27N3O3. The standard InChI is InChI=1S/C18H27N3O3/c1-5-13(2)17(22)21-10-8-15(9-11-21)24-16-7-6-14(12-19-16)18(23)20(3)4/h6-7,12-13,15H,5,8-11H2,1-4H3. The molecule has 2 heterocycles. The molecule has 2 amide bonds. The molecule has 1 aliphatic heterocycles. The van der Waals surface area contributed by atoms with Crippen molar-refractivity contribution in [2.45, 2.75) is 39.2 Å². The fraction of sp³-hybridized carbons (Fsp3) is 0.611. The molecule has 1 aliphatic rings. The maximum absolute atomic E-state index is 12.2. The van der Waals surface area contributed by atoms with Crippen molar-refractivity contribution in [1.29, 1.82) is 0 Å². The third-order valence-electron chi connectivity index (χ3n) is 4.46. The Morgan fingerprint density at radius 3 is 2.50 bits per heavy atom. The fourth-order valence-electron chi connectivity index (χ4n) is 2.69. The van der Waals surface area contributed by atoms with Gasteiger partial charge in [0.25, 0.3) is 5.91 Å².